The molecular weight excluding hydrogens is 396 g/mol. The summed E-state index contributed by atoms with van der Waals surface area (Å²) < 4.78 is 15.9. The largest absolute Gasteiger partial charge is 0.497 e. The van der Waals surface area contributed by atoms with Gasteiger partial charge in [-0.15, -0.1) is 0 Å². The first-order valence-corrected chi connectivity index (χ1v) is 10.4. The first-order chi connectivity index (χ1) is 15.1. The molecule has 2 aromatic rings. The molecule has 1 aliphatic rings. The zero-order chi connectivity index (χ0) is 22.1. The van der Waals surface area contributed by atoms with E-state index in [2.05, 4.69) is 10.2 Å². The summed E-state index contributed by atoms with van der Waals surface area (Å²) >= 11 is 0. The van der Waals surface area contributed by atoms with Crippen LogP contribution in [0.1, 0.15) is 23.7 Å². The molecule has 0 saturated carbocycles. The van der Waals surface area contributed by atoms with E-state index in [1.54, 1.807) is 50.6 Å². The smallest absolute Gasteiger partial charge is 0.248 e. The van der Waals surface area contributed by atoms with Gasteiger partial charge >= 0.3 is 0 Å². The van der Waals surface area contributed by atoms with Crippen LogP contribution < -0.4 is 14.8 Å². The molecule has 0 bridgehead atoms. The molecule has 0 radical (unpaired) electrons. The lowest BCUT2D eigenvalue weighted by Gasteiger charge is -2.27. The molecular formula is C24H30N2O5. The number of benzene rings is 2. The molecule has 7 nitrogen and oxygen atoms in total. The Hall–Kier alpha value is -2.87. The van der Waals surface area contributed by atoms with Crippen LogP contribution in [-0.4, -0.2) is 63.0 Å². The Labute approximate surface area is 183 Å². The lowest BCUT2D eigenvalue weighted by atomic mass is 10.1. The van der Waals surface area contributed by atoms with Crippen molar-refractivity contribution in [3.8, 4) is 11.5 Å². The van der Waals surface area contributed by atoms with Crippen molar-refractivity contribution in [2.75, 3.05) is 52.4 Å². The third kappa shape index (κ3) is 6.82. The number of amides is 1. The minimum absolute atomic E-state index is 0.259. The summed E-state index contributed by atoms with van der Waals surface area (Å²) in [5.41, 5.74) is 2.25. The molecule has 1 atom stereocenters. The average molecular weight is 427 g/mol. The first-order valence-electron chi connectivity index (χ1n) is 10.4. The number of morpholine rings is 1. The Kier molecular flexibility index (Phi) is 8.46. The van der Waals surface area contributed by atoms with Gasteiger partial charge in [-0.2, -0.15) is 0 Å². The highest BCUT2D eigenvalue weighted by Crippen LogP contribution is 2.25. The quantitative estimate of drug-likeness (QED) is 0.600. The topological polar surface area (TPSA) is 80.3 Å². The van der Waals surface area contributed by atoms with Gasteiger partial charge in [-0.25, -0.2) is 0 Å². The van der Waals surface area contributed by atoms with Crippen molar-refractivity contribution in [3.05, 3.63) is 59.7 Å². The molecule has 2 N–H and O–H groups in total. The van der Waals surface area contributed by atoms with Gasteiger partial charge in [-0.05, 0) is 48.4 Å². The Bertz CT molecular complexity index is 876. The molecule has 166 valence electrons. The van der Waals surface area contributed by atoms with Crippen LogP contribution in [0.5, 0.6) is 11.5 Å². The first kappa shape index (κ1) is 22.8. The second-order valence-corrected chi connectivity index (χ2v) is 7.31. The third-order valence-electron chi connectivity index (χ3n) is 5.24. The second-order valence-electron chi connectivity index (χ2n) is 7.31. The molecule has 1 unspecified atom stereocenters. The number of carbonyl (C=O) groups is 1. The van der Waals surface area contributed by atoms with E-state index in [-0.39, 0.29) is 5.91 Å². The van der Waals surface area contributed by atoms with Crippen molar-refractivity contribution in [2.45, 2.75) is 12.5 Å². The van der Waals surface area contributed by atoms with Gasteiger partial charge in [-0.3, -0.25) is 9.69 Å². The van der Waals surface area contributed by atoms with E-state index in [9.17, 15) is 9.90 Å². The minimum Gasteiger partial charge on any atom is -0.497 e. The standard InChI is InChI=1S/C24H30N2O5/c1-29-21-8-9-23(30-2)19(17-21)5-10-24(28)25-20-6-3-18(4-7-20)22(27)11-12-26-13-15-31-16-14-26/h3-10,17,22,27H,11-16H2,1-2H3,(H,25,28)/b10-5+. The molecule has 1 saturated heterocycles. The van der Waals surface area contributed by atoms with E-state index in [1.165, 1.54) is 6.08 Å². The van der Waals surface area contributed by atoms with Gasteiger partial charge in [0.1, 0.15) is 11.5 Å². The van der Waals surface area contributed by atoms with E-state index >= 15 is 0 Å². The highest BCUT2D eigenvalue weighted by atomic mass is 16.5. The number of aliphatic hydroxyl groups is 1. The Morgan fingerprint density at radius 1 is 1.16 bits per heavy atom. The molecule has 2 aromatic carbocycles. The molecule has 7 heteroatoms. The number of methoxy groups -OCH3 is 2. The van der Waals surface area contributed by atoms with Gasteiger partial charge in [0.05, 0.1) is 33.5 Å². The van der Waals surface area contributed by atoms with Crippen LogP contribution in [0.2, 0.25) is 0 Å². The summed E-state index contributed by atoms with van der Waals surface area (Å²) in [7, 11) is 3.17. The van der Waals surface area contributed by atoms with E-state index < -0.39 is 6.10 Å². The third-order valence-corrected chi connectivity index (χ3v) is 5.24. The van der Waals surface area contributed by atoms with Crippen LogP contribution in [0.3, 0.4) is 0 Å². The van der Waals surface area contributed by atoms with Gasteiger partial charge in [0.25, 0.3) is 0 Å². The molecule has 0 aromatic heterocycles. The lowest BCUT2D eigenvalue weighted by molar-refractivity contribution is -0.111. The second kappa shape index (κ2) is 11.5. The Morgan fingerprint density at radius 3 is 2.58 bits per heavy atom. The Balaban J connectivity index is 1.53. The SMILES string of the molecule is COc1ccc(OC)c(/C=C/C(=O)Nc2ccc(C(O)CCN3CCOCC3)cc2)c1. The average Bonchev–Trinajstić information content (AvgIpc) is 2.82. The molecule has 31 heavy (non-hydrogen) atoms. The van der Waals surface area contributed by atoms with Crippen molar-refractivity contribution >= 4 is 17.7 Å². The number of rotatable bonds is 9. The van der Waals surface area contributed by atoms with Crippen molar-refractivity contribution in [2.24, 2.45) is 0 Å². The number of hydrogen-bond donors (Lipinski definition) is 2. The van der Waals surface area contributed by atoms with E-state index in [1.807, 2.05) is 12.1 Å². The number of aliphatic hydroxyl groups excluding tert-OH is 1. The zero-order valence-corrected chi connectivity index (χ0v) is 18.0. The van der Waals surface area contributed by atoms with Crippen molar-refractivity contribution in [1.29, 1.82) is 0 Å². The molecule has 0 spiro atoms. The summed E-state index contributed by atoms with van der Waals surface area (Å²) in [6, 6.07) is 12.7. The number of nitrogens with zero attached hydrogens (tertiary/aromatic N) is 1. The van der Waals surface area contributed by atoms with Crippen LogP contribution in [0.4, 0.5) is 5.69 Å². The highest BCUT2D eigenvalue weighted by Gasteiger charge is 2.14. The van der Waals surface area contributed by atoms with E-state index in [0.29, 0.717) is 23.6 Å². The predicted octanol–water partition coefficient (Wildman–Crippen LogP) is 3.11. The summed E-state index contributed by atoms with van der Waals surface area (Å²) in [5, 5.41) is 13.3. The van der Waals surface area contributed by atoms with Crippen LogP contribution in [-0.2, 0) is 9.53 Å². The molecule has 3 rings (SSSR count). The molecule has 1 aliphatic heterocycles. The predicted molar refractivity (Wildman–Crippen MR) is 120 cm³/mol. The van der Waals surface area contributed by atoms with E-state index in [4.69, 9.17) is 14.2 Å². The monoisotopic (exact) mass is 426 g/mol. The van der Waals surface area contributed by atoms with Crippen LogP contribution in [0, 0.1) is 0 Å². The van der Waals surface area contributed by atoms with Crippen LogP contribution >= 0.6 is 0 Å². The highest BCUT2D eigenvalue weighted by molar-refractivity contribution is 6.02. The summed E-state index contributed by atoms with van der Waals surface area (Å²) in [5.74, 6) is 1.08. The van der Waals surface area contributed by atoms with Gasteiger partial charge in [0.2, 0.25) is 5.91 Å². The maximum atomic E-state index is 12.3. The van der Waals surface area contributed by atoms with E-state index in [0.717, 1.165) is 44.0 Å². The van der Waals surface area contributed by atoms with Gasteiger partial charge in [0.15, 0.2) is 0 Å². The molecule has 1 amide bonds. The fraction of sp³-hybridized carbons (Fsp3) is 0.375. The van der Waals surface area contributed by atoms with Crippen LogP contribution in [0.25, 0.3) is 6.08 Å². The molecule has 0 aliphatic carbocycles. The summed E-state index contributed by atoms with van der Waals surface area (Å²) in [4.78, 5) is 14.6. The zero-order valence-electron chi connectivity index (χ0n) is 18.0. The molecule has 1 heterocycles. The van der Waals surface area contributed by atoms with Crippen molar-refractivity contribution < 1.29 is 24.1 Å². The normalized spacial score (nSPS) is 15.6. The van der Waals surface area contributed by atoms with Crippen LogP contribution in [0.15, 0.2) is 48.5 Å². The maximum Gasteiger partial charge on any atom is 0.248 e. The lowest BCUT2D eigenvalue weighted by Crippen LogP contribution is -2.37. The number of hydrogen-bond acceptors (Lipinski definition) is 6. The number of nitrogens with one attached hydrogen (secondary N) is 1. The van der Waals surface area contributed by atoms with Gasteiger partial charge in [-0.1, -0.05) is 12.1 Å². The Morgan fingerprint density at radius 2 is 1.90 bits per heavy atom. The van der Waals surface area contributed by atoms with Crippen molar-refractivity contribution in [1.82, 2.24) is 4.90 Å². The summed E-state index contributed by atoms with van der Waals surface area (Å²) in [6.07, 6.45) is 3.26. The maximum absolute atomic E-state index is 12.3. The fourth-order valence-electron chi connectivity index (χ4n) is 3.40. The van der Waals surface area contributed by atoms with Gasteiger partial charge < -0.3 is 24.6 Å². The molecule has 1 fully saturated rings. The summed E-state index contributed by atoms with van der Waals surface area (Å²) in [6.45, 7) is 4.16. The van der Waals surface area contributed by atoms with Crippen molar-refractivity contribution in [3.63, 3.8) is 0 Å². The number of ether oxygens (including phenoxy) is 3. The van der Waals surface area contributed by atoms with Gasteiger partial charge in [0, 0.05) is 37.0 Å². The minimum atomic E-state index is -0.534. The number of carbonyl (C=O) groups excluding carboxylic acids is 1. The number of anilines is 1. The fourth-order valence-corrected chi connectivity index (χ4v) is 3.40.